The summed E-state index contributed by atoms with van der Waals surface area (Å²) < 4.78 is 33.2. The standard InChI is InChI=1S/C18H19N3O5S/c1-13(22)14-3-2-4-16(11-14)26-17-6-5-15(20-23)12-18(17)27(24,25)21-9-7-19-8-10-21/h2-6,11-12,19H,7-10H2,1H3. The zero-order chi connectivity index (χ0) is 19.4. The molecule has 0 spiro atoms. The molecule has 0 amide bonds. The maximum absolute atomic E-state index is 13.1. The van der Waals surface area contributed by atoms with E-state index in [1.165, 1.54) is 35.5 Å². The van der Waals surface area contributed by atoms with E-state index in [4.69, 9.17) is 4.74 Å². The Hall–Kier alpha value is -2.62. The molecule has 0 radical (unpaired) electrons. The third kappa shape index (κ3) is 4.21. The zero-order valence-corrected chi connectivity index (χ0v) is 15.5. The molecule has 1 aliphatic heterocycles. The molecule has 8 nitrogen and oxygen atoms in total. The molecule has 1 N–H and O–H groups in total. The van der Waals surface area contributed by atoms with Crippen molar-refractivity contribution in [3.05, 3.63) is 52.9 Å². The Morgan fingerprint density at radius 1 is 1.15 bits per heavy atom. The molecule has 0 saturated carbocycles. The van der Waals surface area contributed by atoms with Gasteiger partial charge in [-0.3, -0.25) is 4.79 Å². The molecule has 9 heteroatoms. The second-order valence-corrected chi connectivity index (χ2v) is 7.97. The molecule has 2 aromatic rings. The van der Waals surface area contributed by atoms with Gasteiger partial charge in [0.05, 0.1) is 0 Å². The van der Waals surface area contributed by atoms with Gasteiger partial charge in [-0.1, -0.05) is 12.1 Å². The van der Waals surface area contributed by atoms with Gasteiger partial charge >= 0.3 is 0 Å². The summed E-state index contributed by atoms with van der Waals surface area (Å²) in [5, 5.41) is 5.92. The Labute approximate surface area is 157 Å². The fourth-order valence-electron chi connectivity index (χ4n) is 2.77. The Morgan fingerprint density at radius 3 is 2.56 bits per heavy atom. The van der Waals surface area contributed by atoms with Crippen LogP contribution in [0.2, 0.25) is 0 Å². The molecule has 1 aliphatic rings. The summed E-state index contributed by atoms with van der Waals surface area (Å²) >= 11 is 0. The molecule has 27 heavy (non-hydrogen) atoms. The number of nitrogens with zero attached hydrogens (tertiary/aromatic N) is 2. The smallest absolute Gasteiger partial charge is 0.246 e. The minimum absolute atomic E-state index is 0.00598. The van der Waals surface area contributed by atoms with E-state index >= 15 is 0 Å². The summed E-state index contributed by atoms with van der Waals surface area (Å²) in [5.41, 5.74) is 0.443. The summed E-state index contributed by atoms with van der Waals surface area (Å²) in [6, 6.07) is 10.4. The van der Waals surface area contributed by atoms with Gasteiger partial charge in [-0.2, -0.15) is 4.31 Å². The predicted molar refractivity (Wildman–Crippen MR) is 100 cm³/mol. The quantitative estimate of drug-likeness (QED) is 0.601. The third-order valence-electron chi connectivity index (χ3n) is 4.19. The number of rotatable bonds is 6. The fraction of sp³-hybridized carbons (Fsp3) is 0.278. The Morgan fingerprint density at radius 2 is 1.89 bits per heavy atom. The second kappa shape index (κ2) is 7.95. The van der Waals surface area contributed by atoms with E-state index in [1.54, 1.807) is 18.2 Å². The number of nitroso groups, excluding NO2 is 1. The molecular weight excluding hydrogens is 370 g/mol. The van der Waals surface area contributed by atoms with Crippen LogP contribution in [0.25, 0.3) is 0 Å². The number of carbonyl (C=O) groups excluding carboxylic acids is 1. The first-order valence-electron chi connectivity index (χ1n) is 8.39. The van der Waals surface area contributed by atoms with Crippen LogP contribution in [0.4, 0.5) is 5.69 Å². The minimum Gasteiger partial charge on any atom is -0.456 e. The van der Waals surface area contributed by atoms with Crippen LogP contribution in [0.15, 0.2) is 52.5 Å². The number of ketones is 1. The highest BCUT2D eigenvalue weighted by molar-refractivity contribution is 7.89. The van der Waals surface area contributed by atoms with Gasteiger partial charge in [-0.25, -0.2) is 8.42 Å². The van der Waals surface area contributed by atoms with Gasteiger partial charge in [-0.15, -0.1) is 4.91 Å². The van der Waals surface area contributed by atoms with E-state index in [2.05, 4.69) is 10.5 Å². The number of ether oxygens (including phenoxy) is 1. The van der Waals surface area contributed by atoms with Crippen molar-refractivity contribution in [3.8, 4) is 11.5 Å². The van der Waals surface area contributed by atoms with Crippen molar-refractivity contribution in [1.29, 1.82) is 0 Å². The first kappa shape index (κ1) is 19.2. The van der Waals surface area contributed by atoms with E-state index in [1.807, 2.05) is 0 Å². The molecule has 1 fully saturated rings. The van der Waals surface area contributed by atoms with Gasteiger partial charge in [-0.05, 0) is 42.4 Å². The molecule has 0 aliphatic carbocycles. The van der Waals surface area contributed by atoms with Crippen LogP contribution in [-0.4, -0.2) is 44.7 Å². The van der Waals surface area contributed by atoms with Crippen molar-refractivity contribution < 1.29 is 17.9 Å². The molecule has 3 rings (SSSR count). The van der Waals surface area contributed by atoms with Gasteiger partial charge in [0.25, 0.3) is 0 Å². The molecule has 0 aromatic heterocycles. The van der Waals surface area contributed by atoms with E-state index < -0.39 is 10.0 Å². The van der Waals surface area contributed by atoms with E-state index in [0.29, 0.717) is 37.5 Å². The number of carbonyl (C=O) groups is 1. The Kier molecular flexibility index (Phi) is 5.64. The average Bonchev–Trinajstić information content (AvgIpc) is 2.69. The Bertz CT molecular complexity index is 969. The first-order valence-corrected chi connectivity index (χ1v) is 9.83. The van der Waals surface area contributed by atoms with Crippen LogP contribution in [0.5, 0.6) is 11.5 Å². The number of hydrogen-bond acceptors (Lipinski definition) is 7. The largest absolute Gasteiger partial charge is 0.456 e. The molecule has 1 heterocycles. The van der Waals surface area contributed by atoms with Gasteiger partial charge in [0.2, 0.25) is 10.0 Å². The van der Waals surface area contributed by atoms with Crippen LogP contribution in [0.3, 0.4) is 0 Å². The molecular formula is C18H19N3O5S. The fourth-order valence-corrected chi connectivity index (χ4v) is 4.34. The van der Waals surface area contributed by atoms with Gasteiger partial charge in [0.15, 0.2) is 5.78 Å². The lowest BCUT2D eigenvalue weighted by molar-refractivity contribution is 0.101. The third-order valence-corrected chi connectivity index (χ3v) is 6.11. The lowest BCUT2D eigenvalue weighted by Gasteiger charge is -2.27. The molecule has 0 atom stereocenters. The van der Waals surface area contributed by atoms with Gasteiger partial charge < -0.3 is 10.1 Å². The Balaban J connectivity index is 2.02. The average molecular weight is 389 g/mol. The number of nitrogens with one attached hydrogen (secondary N) is 1. The van der Waals surface area contributed by atoms with E-state index in [9.17, 15) is 18.1 Å². The maximum atomic E-state index is 13.1. The van der Waals surface area contributed by atoms with Crippen molar-refractivity contribution in [2.45, 2.75) is 11.8 Å². The number of hydrogen-bond donors (Lipinski definition) is 1. The molecule has 2 aromatic carbocycles. The normalized spacial score (nSPS) is 15.3. The number of benzene rings is 2. The maximum Gasteiger partial charge on any atom is 0.246 e. The van der Waals surface area contributed by atoms with Crippen molar-refractivity contribution in [2.75, 3.05) is 26.2 Å². The molecule has 0 bridgehead atoms. The van der Waals surface area contributed by atoms with Crippen molar-refractivity contribution in [3.63, 3.8) is 0 Å². The predicted octanol–water partition coefficient (Wildman–Crippen LogP) is 2.67. The van der Waals surface area contributed by atoms with Gasteiger partial charge in [0, 0.05) is 31.7 Å². The highest BCUT2D eigenvalue weighted by Gasteiger charge is 2.29. The lowest BCUT2D eigenvalue weighted by Crippen LogP contribution is -2.46. The molecule has 1 saturated heterocycles. The van der Waals surface area contributed by atoms with Crippen LogP contribution in [0.1, 0.15) is 17.3 Å². The topological polar surface area (TPSA) is 105 Å². The summed E-state index contributed by atoms with van der Waals surface area (Å²) in [4.78, 5) is 22.3. The highest BCUT2D eigenvalue weighted by Crippen LogP contribution is 2.34. The van der Waals surface area contributed by atoms with Crippen molar-refractivity contribution >= 4 is 21.5 Å². The number of sulfonamides is 1. The summed E-state index contributed by atoms with van der Waals surface area (Å²) in [7, 11) is -3.87. The van der Waals surface area contributed by atoms with Crippen molar-refractivity contribution in [1.82, 2.24) is 9.62 Å². The van der Waals surface area contributed by atoms with E-state index in [-0.39, 0.29) is 22.1 Å². The summed E-state index contributed by atoms with van der Waals surface area (Å²) in [6.45, 7) is 3.16. The molecule has 142 valence electrons. The first-order chi connectivity index (χ1) is 12.9. The zero-order valence-electron chi connectivity index (χ0n) is 14.7. The SMILES string of the molecule is CC(=O)c1cccc(Oc2ccc(N=O)cc2S(=O)(=O)N2CCNCC2)c1. The summed E-state index contributed by atoms with van der Waals surface area (Å²) in [5.74, 6) is 0.266. The van der Waals surface area contributed by atoms with Crippen LogP contribution >= 0.6 is 0 Å². The van der Waals surface area contributed by atoms with E-state index in [0.717, 1.165) is 0 Å². The second-order valence-electron chi connectivity index (χ2n) is 6.06. The monoisotopic (exact) mass is 389 g/mol. The lowest BCUT2D eigenvalue weighted by atomic mass is 10.1. The number of piperazine rings is 1. The molecule has 0 unspecified atom stereocenters. The van der Waals surface area contributed by atoms with Crippen molar-refractivity contribution in [2.24, 2.45) is 5.18 Å². The highest BCUT2D eigenvalue weighted by atomic mass is 32.2. The van der Waals surface area contributed by atoms with Crippen LogP contribution < -0.4 is 10.1 Å². The number of Topliss-reactive ketones (excluding diaryl/α,β-unsaturated/α-hetero) is 1. The summed E-state index contributed by atoms with van der Waals surface area (Å²) in [6.07, 6.45) is 0. The van der Waals surface area contributed by atoms with Gasteiger partial charge in [0.1, 0.15) is 22.1 Å². The van der Waals surface area contributed by atoms with Crippen LogP contribution in [-0.2, 0) is 10.0 Å². The van der Waals surface area contributed by atoms with Crippen LogP contribution in [0, 0.1) is 4.91 Å². The minimum atomic E-state index is -3.87.